The third-order valence-corrected chi connectivity index (χ3v) is 3.31. The SMILES string of the molecule is CNC(=O)C(=O)NC[C@@H](c1ccc(N(C)C)cc1)N(C)C. The third kappa shape index (κ3) is 4.75. The van der Waals surface area contributed by atoms with Crippen LogP contribution in [0.2, 0.25) is 0 Å². The predicted octanol–water partition coefficient (Wildman–Crippen LogP) is 0.218. The minimum absolute atomic E-state index is 0.00909. The van der Waals surface area contributed by atoms with Crippen LogP contribution < -0.4 is 15.5 Å². The molecule has 0 radical (unpaired) electrons. The van der Waals surface area contributed by atoms with Crippen LogP contribution in [0.25, 0.3) is 0 Å². The molecule has 0 saturated carbocycles. The van der Waals surface area contributed by atoms with Gasteiger partial charge in [0.25, 0.3) is 0 Å². The maximum atomic E-state index is 11.5. The average Bonchev–Trinajstić information content (AvgIpc) is 2.46. The van der Waals surface area contributed by atoms with Crippen molar-refractivity contribution in [1.82, 2.24) is 15.5 Å². The molecule has 0 aliphatic carbocycles. The second kappa shape index (κ2) is 7.64. The molecule has 21 heavy (non-hydrogen) atoms. The van der Waals surface area contributed by atoms with Crippen molar-refractivity contribution in [2.75, 3.05) is 46.7 Å². The maximum Gasteiger partial charge on any atom is 0.309 e. The predicted molar refractivity (Wildman–Crippen MR) is 84.3 cm³/mol. The van der Waals surface area contributed by atoms with Gasteiger partial charge in [-0.05, 0) is 31.8 Å². The topological polar surface area (TPSA) is 64.7 Å². The van der Waals surface area contributed by atoms with E-state index >= 15 is 0 Å². The van der Waals surface area contributed by atoms with Crippen LogP contribution in [0, 0.1) is 0 Å². The monoisotopic (exact) mass is 292 g/mol. The lowest BCUT2D eigenvalue weighted by atomic mass is 10.1. The number of hydrogen-bond donors (Lipinski definition) is 2. The zero-order chi connectivity index (χ0) is 16.0. The molecule has 0 aliphatic heterocycles. The van der Waals surface area contributed by atoms with Gasteiger partial charge in [0, 0.05) is 33.4 Å². The Morgan fingerprint density at radius 1 is 1.05 bits per heavy atom. The summed E-state index contributed by atoms with van der Waals surface area (Å²) in [7, 11) is 9.29. The number of nitrogens with zero attached hydrogens (tertiary/aromatic N) is 2. The van der Waals surface area contributed by atoms with E-state index in [4.69, 9.17) is 0 Å². The van der Waals surface area contributed by atoms with Gasteiger partial charge in [-0.25, -0.2) is 0 Å². The first-order valence-electron chi connectivity index (χ1n) is 6.80. The lowest BCUT2D eigenvalue weighted by Gasteiger charge is -2.25. The van der Waals surface area contributed by atoms with Gasteiger partial charge in [0.05, 0.1) is 6.04 Å². The number of nitrogens with one attached hydrogen (secondary N) is 2. The van der Waals surface area contributed by atoms with Crippen molar-refractivity contribution in [2.45, 2.75) is 6.04 Å². The van der Waals surface area contributed by atoms with E-state index in [1.54, 1.807) is 0 Å². The Kier molecular flexibility index (Phi) is 6.17. The smallest absolute Gasteiger partial charge is 0.309 e. The van der Waals surface area contributed by atoms with Crippen LogP contribution in [0.1, 0.15) is 11.6 Å². The molecule has 1 rings (SSSR count). The molecule has 0 heterocycles. The molecule has 116 valence electrons. The molecule has 1 atom stereocenters. The Labute approximate surface area is 126 Å². The van der Waals surface area contributed by atoms with Crippen LogP contribution in [0.3, 0.4) is 0 Å². The normalized spacial score (nSPS) is 11.9. The van der Waals surface area contributed by atoms with Gasteiger partial charge in [-0.1, -0.05) is 12.1 Å². The highest BCUT2D eigenvalue weighted by atomic mass is 16.2. The molecular weight excluding hydrogens is 268 g/mol. The molecule has 0 fully saturated rings. The molecule has 1 aromatic carbocycles. The summed E-state index contributed by atoms with van der Waals surface area (Å²) in [5, 5.41) is 4.95. The summed E-state index contributed by atoms with van der Waals surface area (Å²) in [4.78, 5) is 26.8. The number of hydrogen-bond acceptors (Lipinski definition) is 4. The van der Waals surface area contributed by atoms with Gasteiger partial charge >= 0.3 is 11.8 Å². The van der Waals surface area contributed by atoms with E-state index in [9.17, 15) is 9.59 Å². The number of likely N-dealkylation sites (N-methyl/N-ethyl adjacent to an activating group) is 2. The Bertz CT molecular complexity index is 483. The van der Waals surface area contributed by atoms with Crippen molar-refractivity contribution in [1.29, 1.82) is 0 Å². The third-order valence-electron chi connectivity index (χ3n) is 3.31. The standard InChI is InChI=1S/C15H24N4O2/c1-16-14(20)15(21)17-10-13(19(4)5)11-6-8-12(9-7-11)18(2)3/h6-9,13H,10H2,1-5H3,(H,16,20)(H,17,21)/t13-/m0/s1. The Balaban J connectivity index is 2.77. The van der Waals surface area contributed by atoms with Gasteiger partial charge < -0.3 is 20.4 Å². The number of amides is 2. The summed E-state index contributed by atoms with van der Waals surface area (Å²) in [5.74, 6) is -1.25. The second-order valence-electron chi connectivity index (χ2n) is 5.25. The van der Waals surface area contributed by atoms with Gasteiger partial charge in [0.2, 0.25) is 0 Å². The number of carbonyl (C=O) groups is 2. The molecule has 0 bridgehead atoms. The molecule has 1 aromatic rings. The summed E-state index contributed by atoms with van der Waals surface area (Å²) < 4.78 is 0. The van der Waals surface area contributed by atoms with Crippen molar-refractivity contribution in [3.63, 3.8) is 0 Å². The molecule has 2 amide bonds. The zero-order valence-corrected chi connectivity index (χ0v) is 13.3. The van der Waals surface area contributed by atoms with Gasteiger partial charge in [-0.2, -0.15) is 0 Å². The van der Waals surface area contributed by atoms with E-state index in [0.29, 0.717) is 6.54 Å². The highest BCUT2D eigenvalue weighted by Crippen LogP contribution is 2.20. The largest absolute Gasteiger partial charge is 0.378 e. The van der Waals surface area contributed by atoms with E-state index in [1.807, 2.05) is 62.3 Å². The fraction of sp³-hybridized carbons (Fsp3) is 0.467. The van der Waals surface area contributed by atoms with E-state index in [-0.39, 0.29) is 6.04 Å². The highest BCUT2D eigenvalue weighted by molar-refractivity contribution is 6.35. The molecule has 0 saturated heterocycles. The zero-order valence-electron chi connectivity index (χ0n) is 13.3. The lowest BCUT2D eigenvalue weighted by Crippen LogP contribution is -2.42. The first-order chi connectivity index (χ1) is 9.86. The quantitative estimate of drug-likeness (QED) is 0.762. The van der Waals surface area contributed by atoms with E-state index in [0.717, 1.165) is 11.3 Å². The van der Waals surface area contributed by atoms with Gasteiger partial charge in [-0.3, -0.25) is 9.59 Å². The van der Waals surface area contributed by atoms with Crippen molar-refractivity contribution in [2.24, 2.45) is 0 Å². The van der Waals surface area contributed by atoms with Crippen LogP contribution in [-0.4, -0.2) is 58.5 Å². The van der Waals surface area contributed by atoms with Crippen LogP contribution >= 0.6 is 0 Å². The maximum absolute atomic E-state index is 11.5. The van der Waals surface area contributed by atoms with Gasteiger partial charge in [-0.15, -0.1) is 0 Å². The average molecular weight is 292 g/mol. The second-order valence-corrected chi connectivity index (χ2v) is 5.25. The summed E-state index contributed by atoms with van der Waals surface area (Å²) in [6, 6.07) is 8.14. The number of rotatable bonds is 5. The first kappa shape index (κ1) is 17.0. The molecule has 0 aliphatic rings. The molecule has 2 N–H and O–H groups in total. The van der Waals surface area contributed by atoms with Crippen molar-refractivity contribution < 1.29 is 9.59 Å². The molecule has 0 aromatic heterocycles. The highest BCUT2D eigenvalue weighted by Gasteiger charge is 2.17. The summed E-state index contributed by atoms with van der Waals surface area (Å²) in [5.41, 5.74) is 2.20. The summed E-state index contributed by atoms with van der Waals surface area (Å²) >= 11 is 0. The number of carbonyl (C=O) groups excluding carboxylic acids is 2. The van der Waals surface area contributed by atoms with Crippen molar-refractivity contribution >= 4 is 17.5 Å². The summed E-state index contributed by atoms with van der Waals surface area (Å²) in [6.45, 7) is 0.376. The van der Waals surface area contributed by atoms with Crippen LogP contribution in [0.4, 0.5) is 5.69 Å². The molecule has 6 nitrogen and oxygen atoms in total. The fourth-order valence-corrected chi connectivity index (χ4v) is 1.98. The van der Waals surface area contributed by atoms with Gasteiger partial charge in [0.15, 0.2) is 0 Å². The number of anilines is 1. The molecule has 6 heteroatoms. The van der Waals surface area contributed by atoms with Gasteiger partial charge in [0.1, 0.15) is 0 Å². The first-order valence-corrected chi connectivity index (χ1v) is 6.80. The van der Waals surface area contributed by atoms with E-state index in [1.165, 1.54) is 7.05 Å². The van der Waals surface area contributed by atoms with E-state index < -0.39 is 11.8 Å². The minimum atomic E-state index is -0.629. The minimum Gasteiger partial charge on any atom is -0.378 e. The lowest BCUT2D eigenvalue weighted by molar-refractivity contribution is -0.139. The van der Waals surface area contributed by atoms with Crippen molar-refractivity contribution in [3.05, 3.63) is 29.8 Å². The summed E-state index contributed by atoms with van der Waals surface area (Å²) in [6.07, 6.45) is 0. The van der Waals surface area contributed by atoms with Crippen LogP contribution in [0.15, 0.2) is 24.3 Å². The Morgan fingerprint density at radius 2 is 1.62 bits per heavy atom. The molecule has 0 spiro atoms. The molecule has 0 unspecified atom stereocenters. The number of benzene rings is 1. The fourth-order valence-electron chi connectivity index (χ4n) is 1.98. The van der Waals surface area contributed by atoms with Crippen molar-refractivity contribution in [3.8, 4) is 0 Å². The molecular formula is C15H24N4O2. The van der Waals surface area contributed by atoms with Crippen LogP contribution in [0.5, 0.6) is 0 Å². The van der Waals surface area contributed by atoms with Crippen LogP contribution in [-0.2, 0) is 9.59 Å². The van der Waals surface area contributed by atoms with E-state index in [2.05, 4.69) is 10.6 Å². The Morgan fingerprint density at radius 3 is 2.05 bits per heavy atom. The Hall–Kier alpha value is -2.08.